The molecule has 0 saturated carbocycles. The van der Waals surface area contributed by atoms with Gasteiger partial charge in [0.2, 0.25) is 11.8 Å². The van der Waals surface area contributed by atoms with E-state index < -0.39 is 0 Å². The summed E-state index contributed by atoms with van der Waals surface area (Å²) in [6.07, 6.45) is 4.14. The van der Waals surface area contributed by atoms with Crippen LogP contribution >= 0.6 is 0 Å². The van der Waals surface area contributed by atoms with Crippen LogP contribution in [0, 0.1) is 19.8 Å². The topological polar surface area (TPSA) is 49.4 Å². The summed E-state index contributed by atoms with van der Waals surface area (Å²) < 4.78 is 0. The Morgan fingerprint density at radius 1 is 1.17 bits per heavy atom. The maximum absolute atomic E-state index is 12.5. The first kappa shape index (κ1) is 17.5. The van der Waals surface area contributed by atoms with Gasteiger partial charge < -0.3 is 10.2 Å². The smallest absolute Gasteiger partial charge is 0.227 e. The quantitative estimate of drug-likeness (QED) is 0.901. The maximum atomic E-state index is 12.5. The first-order chi connectivity index (χ1) is 11.0. The van der Waals surface area contributed by atoms with Gasteiger partial charge in [-0.3, -0.25) is 9.59 Å². The average Bonchev–Trinajstić information content (AvgIpc) is 2.56. The lowest BCUT2D eigenvalue weighted by molar-refractivity contribution is -0.134. The van der Waals surface area contributed by atoms with Crippen LogP contribution in [0.15, 0.2) is 18.2 Å². The highest BCUT2D eigenvalue weighted by Crippen LogP contribution is 2.24. The summed E-state index contributed by atoms with van der Waals surface area (Å²) in [5.41, 5.74) is 3.11. The van der Waals surface area contributed by atoms with Crippen LogP contribution in [0.5, 0.6) is 0 Å². The number of unbranched alkanes of at least 4 members (excludes halogenated alkanes) is 1. The number of carbonyl (C=O) groups is 2. The Balaban J connectivity index is 1.88. The Hall–Kier alpha value is -1.84. The molecule has 0 aliphatic carbocycles. The van der Waals surface area contributed by atoms with Gasteiger partial charge in [-0.1, -0.05) is 31.5 Å². The maximum Gasteiger partial charge on any atom is 0.227 e. The SMILES string of the molecule is CCCCC(=O)N1CCC(C(=O)Nc2c(C)cccc2C)CC1. The van der Waals surface area contributed by atoms with Crippen molar-refractivity contribution in [3.05, 3.63) is 29.3 Å². The fraction of sp³-hybridized carbons (Fsp3) is 0.579. The van der Waals surface area contributed by atoms with E-state index in [-0.39, 0.29) is 17.7 Å². The van der Waals surface area contributed by atoms with E-state index in [4.69, 9.17) is 0 Å². The van der Waals surface area contributed by atoms with Crippen LogP contribution in [0.2, 0.25) is 0 Å². The monoisotopic (exact) mass is 316 g/mol. The first-order valence-electron chi connectivity index (χ1n) is 8.67. The molecular formula is C19H28N2O2. The van der Waals surface area contributed by atoms with E-state index in [1.165, 1.54) is 0 Å². The molecule has 1 fully saturated rings. The van der Waals surface area contributed by atoms with Gasteiger partial charge in [0, 0.05) is 31.1 Å². The van der Waals surface area contributed by atoms with E-state index in [1.807, 2.05) is 36.9 Å². The highest BCUT2D eigenvalue weighted by atomic mass is 16.2. The molecule has 1 aromatic rings. The number of rotatable bonds is 5. The Morgan fingerprint density at radius 2 is 1.78 bits per heavy atom. The van der Waals surface area contributed by atoms with Crippen molar-refractivity contribution in [2.24, 2.45) is 5.92 Å². The van der Waals surface area contributed by atoms with Crippen molar-refractivity contribution in [2.75, 3.05) is 18.4 Å². The number of piperidine rings is 1. The zero-order valence-corrected chi connectivity index (χ0v) is 14.5. The number of hydrogen-bond acceptors (Lipinski definition) is 2. The second-order valence-electron chi connectivity index (χ2n) is 6.51. The molecule has 1 saturated heterocycles. The highest BCUT2D eigenvalue weighted by molar-refractivity contribution is 5.94. The second kappa shape index (κ2) is 8.14. The molecule has 2 amide bonds. The van der Waals surface area contributed by atoms with Crippen molar-refractivity contribution in [2.45, 2.75) is 52.9 Å². The molecule has 1 N–H and O–H groups in total. The van der Waals surface area contributed by atoms with E-state index in [0.717, 1.165) is 42.5 Å². The van der Waals surface area contributed by atoms with Crippen LogP contribution < -0.4 is 5.32 Å². The molecular weight excluding hydrogens is 288 g/mol. The largest absolute Gasteiger partial charge is 0.343 e. The van der Waals surface area contributed by atoms with Crippen LogP contribution in [0.3, 0.4) is 0 Å². The summed E-state index contributed by atoms with van der Waals surface area (Å²) in [5.74, 6) is 0.327. The lowest BCUT2D eigenvalue weighted by atomic mass is 9.95. The lowest BCUT2D eigenvalue weighted by Gasteiger charge is -2.31. The molecule has 0 aromatic heterocycles. The zero-order valence-electron chi connectivity index (χ0n) is 14.5. The minimum absolute atomic E-state index is 0.00392. The third kappa shape index (κ3) is 4.57. The van der Waals surface area contributed by atoms with Gasteiger partial charge in [-0.25, -0.2) is 0 Å². The molecule has 4 heteroatoms. The minimum atomic E-state index is 0.00392. The zero-order chi connectivity index (χ0) is 16.8. The normalized spacial score (nSPS) is 15.5. The van der Waals surface area contributed by atoms with Gasteiger partial charge >= 0.3 is 0 Å². The van der Waals surface area contributed by atoms with Gasteiger partial charge in [0.1, 0.15) is 0 Å². The van der Waals surface area contributed by atoms with Crippen molar-refractivity contribution in [3.8, 4) is 0 Å². The summed E-state index contributed by atoms with van der Waals surface area (Å²) in [5, 5.41) is 3.08. The van der Waals surface area contributed by atoms with Crippen molar-refractivity contribution in [1.82, 2.24) is 4.90 Å². The van der Waals surface area contributed by atoms with Crippen molar-refractivity contribution in [3.63, 3.8) is 0 Å². The van der Waals surface area contributed by atoms with Gasteiger partial charge in [-0.15, -0.1) is 0 Å². The molecule has 1 aliphatic heterocycles. The Labute approximate surface area is 139 Å². The molecule has 1 heterocycles. The minimum Gasteiger partial charge on any atom is -0.343 e. The number of hydrogen-bond donors (Lipinski definition) is 1. The predicted octanol–water partition coefficient (Wildman–Crippen LogP) is 3.67. The number of para-hydroxylation sites is 1. The van der Waals surface area contributed by atoms with Crippen LogP contribution in [-0.2, 0) is 9.59 Å². The van der Waals surface area contributed by atoms with Gasteiger partial charge in [0.05, 0.1) is 0 Å². The lowest BCUT2D eigenvalue weighted by Crippen LogP contribution is -2.41. The summed E-state index contributed by atoms with van der Waals surface area (Å²) in [7, 11) is 0. The number of carbonyl (C=O) groups excluding carboxylic acids is 2. The van der Waals surface area contributed by atoms with Crippen LogP contribution in [0.4, 0.5) is 5.69 Å². The Kier molecular flexibility index (Phi) is 6.20. The van der Waals surface area contributed by atoms with E-state index >= 15 is 0 Å². The van der Waals surface area contributed by atoms with Crippen molar-refractivity contribution in [1.29, 1.82) is 0 Å². The van der Waals surface area contributed by atoms with Crippen molar-refractivity contribution >= 4 is 17.5 Å². The molecule has 2 rings (SSSR count). The number of aryl methyl sites for hydroxylation is 2. The van der Waals surface area contributed by atoms with E-state index in [1.54, 1.807) is 0 Å². The van der Waals surface area contributed by atoms with Crippen LogP contribution in [0.25, 0.3) is 0 Å². The van der Waals surface area contributed by atoms with Crippen molar-refractivity contribution < 1.29 is 9.59 Å². The molecule has 0 bridgehead atoms. The first-order valence-corrected chi connectivity index (χ1v) is 8.67. The molecule has 23 heavy (non-hydrogen) atoms. The third-order valence-corrected chi connectivity index (χ3v) is 4.69. The summed E-state index contributed by atoms with van der Waals surface area (Å²) in [4.78, 5) is 26.5. The van der Waals surface area contributed by atoms with Crippen LogP contribution in [0.1, 0.15) is 50.2 Å². The number of nitrogens with zero attached hydrogens (tertiary/aromatic N) is 1. The Morgan fingerprint density at radius 3 is 2.35 bits per heavy atom. The van der Waals surface area contributed by atoms with E-state index in [2.05, 4.69) is 12.2 Å². The number of anilines is 1. The number of nitrogens with one attached hydrogen (secondary N) is 1. The molecule has 4 nitrogen and oxygen atoms in total. The molecule has 126 valence electrons. The van der Waals surface area contributed by atoms with E-state index in [9.17, 15) is 9.59 Å². The molecule has 0 atom stereocenters. The van der Waals surface area contributed by atoms with Gasteiger partial charge in [0.15, 0.2) is 0 Å². The van der Waals surface area contributed by atoms with Crippen LogP contribution in [-0.4, -0.2) is 29.8 Å². The third-order valence-electron chi connectivity index (χ3n) is 4.69. The highest BCUT2D eigenvalue weighted by Gasteiger charge is 2.27. The summed E-state index contributed by atoms with van der Waals surface area (Å²) in [6.45, 7) is 7.52. The molecule has 0 unspecified atom stereocenters. The van der Waals surface area contributed by atoms with Gasteiger partial charge in [-0.05, 0) is 44.2 Å². The molecule has 1 aliphatic rings. The summed E-state index contributed by atoms with van der Waals surface area (Å²) >= 11 is 0. The Bertz CT molecular complexity index is 540. The van der Waals surface area contributed by atoms with E-state index in [0.29, 0.717) is 19.5 Å². The number of benzene rings is 1. The predicted molar refractivity (Wildman–Crippen MR) is 93.4 cm³/mol. The summed E-state index contributed by atoms with van der Waals surface area (Å²) in [6, 6.07) is 6.02. The average molecular weight is 316 g/mol. The number of amides is 2. The molecule has 0 spiro atoms. The molecule has 0 radical (unpaired) electrons. The fourth-order valence-corrected chi connectivity index (χ4v) is 3.11. The fourth-order valence-electron chi connectivity index (χ4n) is 3.11. The standard InChI is InChI=1S/C19H28N2O2/c1-4-5-9-17(22)21-12-10-16(11-13-21)19(23)20-18-14(2)7-6-8-15(18)3/h6-8,16H,4-5,9-13H2,1-3H3,(H,20,23). The molecule has 1 aromatic carbocycles. The van der Waals surface area contributed by atoms with Gasteiger partial charge in [-0.2, -0.15) is 0 Å². The van der Waals surface area contributed by atoms with Gasteiger partial charge in [0.25, 0.3) is 0 Å². The number of likely N-dealkylation sites (tertiary alicyclic amines) is 1. The second-order valence-corrected chi connectivity index (χ2v) is 6.51.